The van der Waals surface area contributed by atoms with Gasteiger partial charge in [0.2, 0.25) is 5.88 Å². The SMILES string of the molecule is CCc1c(C(=O)NNC(=O)c2sc(N3CCOCC3)nc2C)cnn1-c1ccc(OC)nn1. The fourth-order valence-electron chi connectivity index (χ4n) is 3.36. The molecule has 13 heteroatoms. The van der Waals surface area contributed by atoms with Gasteiger partial charge in [0.05, 0.1) is 43.5 Å². The molecule has 0 radical (unpaired) electrons. The van der Waals surface area contributed by atoms with Crippen molar-refractivity contribution in [2.24, 2.45) is 0 Å². The normalized spacial score (nSPS) is 13.6. The lowest BCUT2D eigenvalue weighted by Crippen LogP contribution is -2.41. The second-order valence-electron chi connectivity index (χ2n) is 7.12. The van der Waals surface area contributed by atoms with E-state index in [1.807, 2.05) is 6.92 Å². The van der Waals surface area contributed by atoms with Gasteiger partial charge in [-0.25, -0.2) is 9.67 Å². The summed E-state index contributed by atoms with van der Waals surface area (Å²) in [6.45, 7) is 6.39. The van der Waals surface area contributed by atoms with Gasteiger partial charge in [-0.3, -0.25) is 20.4 Å². The lowest BCUT2D eigenvalue weighted by Gasteiger charge is -2.25. The monoisotopic (exact) mass is 472 g/mol. The molecule has 0 aliphatic carbocycles. The van der Waals surface area contributed by atoms with Crippen LogP contribution >= 0.6 is 11.3 Å². The Morgan fingerprint density at radius 3 is 2.61 bits per heavy atom. The van der Waals surface area contributed by atoms with Crippen LogP contribution in [0.2, 0.25) is 0 Å². The molecule has 1 fully saturated rings. The highest BCUT2D eigenvalue weighted by Gasteiger charge is 2.22. The first-order chi connectivity index (χ1) is 16.0. The predicted molar refractivity (Wildman–Crippen MR) is 120 cm³/mol. The summed E-state index contributed by atoms with van der Waals surface area (Å²) < 4.78 is 11.9. The molecule has 0 aromatic carbocycles. The predicted octanol–water partition coefficient (Wildman–Crippen LogP) is 0.910. The van der Waals surface area contributed by atoms with Crippen LogP contribution in [0, 0.1) is 6.92 Å². The largest absolute Gasteiger partial charge is 0.480 e. The molecule has 0 unspecified atom stereocenters. The summed E-state index contributed by atoms with van der Waals surface area (Å²) in [4.78, 5) is 32.5. The van der Waals surface area contributed by atoms with E-state index in [9.17, 15) is 9.59 Å². The van der Waals surface area contributed by atoms with Gasteiger partial charge in [-0.05, 0) is 19.4 Å². The van der Waals surface area contributed by atoms with Gasteiger partial charge >= 0.3 is 0 Å². The van der Waals surface area contributed by atoms with E-state index >= 15 is 0 Å². The third-order valence-corrected chi connectivity index (χ3v) is 6.28. The van der Waals surface area contributed by atoms with Crippen LogP contribution in [0.5, 0.6) is 5.88 Å². The van der Waals surface area contributed by atoms with Crippen LogP contribution in [0.3, 0.4) is 0 Å². The topological polar surface area (TPSA) is 136 Å². The zero-order chi connectivity index (χ0) is 23.4. The van der Waals surface area contributed by atoms with Gasteiger partial charge < -0.3 is 14.4 Å². The molecule has 1 aliphatic heterocycles. The average Bonchev–Trinajstić information content (AvgIpc) is 3.46. The maximum atomic E-state index is 12.8. The standard InChI is InChI=1S/C20H24N8O4S/c1-4-14-13(11-21-28(14)15-5-6-16(31-3)24-23-15)18(29)25-26-19(30)17-12(2)22-20(33-17)27-7-9-32-10-8-27/h5-6,11H,4,7-10H2,1-3H3,(H,25,29)(H,26,30). The quantitative estimate of drug-likeness (QED) is 0.502. The van der Waals surface area contributed by atoms with E-state index in [0.29, 0.717) is 53.2 Å². The molecule has 12 nitrogen and oxygen atoms in total. The van der Waals surface area contributed by atoms with E-state index in [2.05, 4.69) is 36.0 Å². The van der Waals surface area contributed by atoms with Crippen LogP contribution < -0.4 is 20.5 Å². The number of morpholine rings is 1. The van der Waals surface area contributed by atoms with Crippen LogP contribution in [0.1, 0.15) is 38.3 Å². The number of thiazole rings is 1. The van der Waals surface area contributed by atoms with Crippen molar-refractivity contribution in [3.63, 3.8) is 0 Å². The van der Waals surface area contributed by atoms with Crippen LogP contribution in [-0.4, -0.2) is 70.2 Å². The Bertz CT molecular complexity index is 1140. The van der Waals surface area contributed by atoms with Crippen LogP contribution in [0.15, 0.2) is 18.3 Å². The third-order valence-electron chi connectivity index (χ3n) is 5.06. The van der Waals surface area contributed by atoms with E-state index in [4.69, 9.17) is 9.47 Å². The van der Waals surface area contributed by atoms with Crippen LogP contribution in [0.4, 0.5) is 5.13 Å². The molecule has 1 saturated heterocycles. The summed E-state index contributed by atoms with van der Waals surface area (Å²) in [5, 5.41) is 13.0. The van der Waals surface area contributed by atoms with E-state index in [1.54, 1.807) is 19.1 Å². The molecular formula is C20H24N8O4S. The number of carbonyl (C=O) groups excluding carboxylic acids is 2. The molecule has 1 aliphatic rings. The Morgan fingerprint density at radius 2 is 1.94 bits per heavy atom. The summed E-state index contributed by atoms with van der Waals surface area (Å²) in [5.74, 6) is -0.0840. The number of methoxy groups -OCH3 is 1. The second kappa shape index (κ2) is 9.92. The Morgan fingerprint density at radius 1 is 1.18 bits per heavy atom. The van der Waals surface area contributed by atoms with Gasteiger partial charge in [0.25, 0.3) is 11.8 Å². The maximum absolute atomic E-state index is 12.8. The van der Waals surface area contributed by atoms with E-state index in [-0.39, 0.29) is 0 Å². The molecule has 4 rings (SSSR count). The smallest absolute Gasteiger partial charge is 0.281 e. The van der Waals surface area contributed by atoms with Crippen molar-refractivity contribution in [3.8, 4) is 11.7 Å². The fourth-order valence-corrected chi connectivity index (χ4v) is 4.37. The molecule has 174 valence electrons. The van der Waals surface area contributed by atoms with Crippen molar-refractivity contribution in [1.82, 2.24) is 35.8 Å². The molecule has 0 atom stereocenters. The third kappa shape index (κ3) is 4.78. The van der Waals surface area contributed by atoms with E-state index < -0.39 is 11.8 Å². The summed E-state index contributed by atoms with van der Waals surface area (Å²) >= 11 is 1.29. The van der Waals surface area contributed by atoms with Gasteiger partial charge in [0.15, 0.2) is 10.9 Å². The van der Waals surface area contributed by atoms with Gasteiger partial charge in [0, 0.05) is 19.2 Å². The molecule has 0 saturated carbocycles. The van der Waals surface area contributed by atoms with Crippen molar-refractivity contribution in [3.05, 3.63) is 40.2 Å². The van der Waals surface area contributed by atoms with Crippen molar-refractivity contribution >= 4 is 28.3 Å². The summed E-state index contributed by atoms with van der Waals surface area (Å²) in [5.41, 5.74) is 6.50. The maximum Gasteiger partial charge on any atom is 0.281 e. The minimum Gasteiger partial charge on any atom is -0.480 e. The number of nitrogens with one attached hydrogen (secondary N) is 2. The molecule has 4 heterocycles. The molecule has 2 N–H and O–H groups in total. The first-order valence-corrected chi connectivity index (χ1v) is 11.2. The number of amides is 2. The summed E-state index contributed by atoms with van der Waals surface area (Å²) in [7, 11) is 1.50. The highest BCUT2D eigenvalue weighted by atomic mass is 32.1. The number of hydrazine groups is 1. The Kier molecular flexibility index (Phi) is 6.79. The number of anilines is 1. The summed E-state index contributed by atoms with van der Waals surface area (Å²) in [6.07, 6.45) is 1.95. The van der Waals surface area contributed by atoms with Crippen molar-refractivity contribution < 1.29 is 19.1 Å². The minimum absolute atomic E-state index is 0.324. The van der Waals surface area contributed by atoms with Crippen molar-refractivity contribution in [1.29, 1.82) is 0 Å². The van der Waals surface area contributed by atoms with Gasteiger partial charge in [-0.1, -0.05) is 18.3 Å². The highest BCUT2D eigenvalue weighted by molar-refractivity contribution is 7.17. The lowest BCUT2D eigenvalue weighted by atomic mass is 10.2. The van der Waals surface area contributed by atoms with Crippen LogP contribution in [0.25, 0.3) is 5.82 Å². The van der Waals surface area contributed by atoms with Gasteiger partial charge in [-0.15, -0.1) is 10.2 Å². The number of carbonyl (C=O) groups is 2. The Balaban J connectivity index is 1.44. The number of nitrogens with zero attached hydrogens (tertiary/aromatic N) is 6. The number of rotatable bonds is 6. The van der Waals surface area contributed by atoms with Crippen molar-refractivity contribution in [2.75, 3.05) is 38.3 Å². The van der Waals surface area contributed by atoms with E-state index in [0.717, 1.165) is 18.2 Å². The molecule has 0 bridgehead atoms. The second-order valence-corrected chi connectivity index (χ2v) is 8.10. The molecule has 2 amide bonds. The number of aromatic nitrogens is 5. The number of hydrogen-bond donors (Lipinski definition) is 2. The number of hydrogen-bond acceptors (Lipinski definition) is 10. The van der Waals surface area contributed by atoms with Crippen molar-refractivity contribution in [2.45, 2.75) is 20.3 Å². The Labute approximate surface area is 193 Å². The van der Waals surface area contributed by atoms with Gasteiger partial charge in [-0.2, -0.15) is 5.10 Å². The number of aryl methyl sites for hydroxylation is 1. The molecule has 33 heavy (non-hydrogen) atoms. The lowest BCUT2D eigenvalue weighted by molar-refractivity contribution is 0.0848. The molecule has 3 aromatic heterocycles. The number of ether oxygens (including phenoxy) is 2. The fraction of sp³-hybridized carbons (Fsp3) is 0.400. The first kappa shape index (κ1) is 22.6. The summed E-state index contributed by atoms with van der Waals surface area (Å²) in [6, 6.07) is 3.35. The Hall–Kier alpha value is -3.58. The highest BCUT2D eigenvalue weighted by Crippen LogP contribution is 2.26. The molecule has 0 spiro atoms. The van der Waals surface area contributed by atoms with Gasteiger partial charge in [0.1, 0.15) is 4.88 Å². The first-order valence-electron chi connectivity index (χ1n) is 10.4. The molecular weight excluding hydrogens is 448 g/mol. The zero-order valence-corrected chi connectivity index (χ0v) is 19.3. The average molecular weight is 473 g/mol. The van der Waals surface area contributed by atoms with E-state index in [1.165, 1.54) is 29.3 Å². The zero-order valence-electron chi connectivity index (χ0n) is 18.5. The van der Waals surface area contributed by atoms with Crippen LogP contribution in [-0.2, 0) is 11.2 Å². The molecule has 3 aromatic rings. The minimum atomic E-state index is -0.483.